The fourth-order valence-corrected chi connectivity index (χ4v) is 2.51. The van der Waals surface area contributed by atoms with Gasteiger partial charge in [0, 0.05) is 10.6 Å². The average molecular weight is 399 g/mol. The molecule has 0 aliphatic carbocycles. The summed E-state index contributed by atoms with van der Waals surface area (Å²) in [5, 5.41) is 5.08. The Morgan fingerprint density at radius 1 is 0.929 bits per heavy atom. The summed E-state index contributed by atoms with van der Waals surface area (Å²) in [5.41, 5.74) is 0.358. The fourth-order valence-electron chi connectivity index (χ4n) is 2.35. The van der Waals surface area contributed by atoms with E-state index in [9.17, 15) is 14.0 Å². The molecule has 0 atom stereocenters. The van der Waals surface area contributed by atoms with Gasteiger partial charge in [0.1, 0.15) is 17.3 Å². The number of nitrogens with one attached hydrogen (secondary N) is 2. The van der Waals surface area contributed by atoms with Crippen LogP contribution in [0.25, 0.3) is 0 Å². The predicted molar refractivity (Wildman–Crippen MR) is 105 cm³/mol. The topological polar surface area (TPSA) is 67.4 Å². The highest BCUT2D eigenvalue weighted by atomic mass is 35.5. The molecule has 0 radical (unpaired) electrons. The van der Waals surface area contributed by atoms with Crippen molar-refractivity contribution in [3.05, 3.63) is 89.2 Å². The third kappa shape index (κ3) is 5.31. The third-order valence-corrected chi connectivity index (χ3v) is 3.95. The van der Waals surface area contributed by atoms with Gasteiger partial charge in [-0.15, -0.1) is 0 Å². The lowest BCUT2D eigenvalue weighted by Gasteiger charge is -2.09. The molecule has 2 N–H and O–H groups in total. The molecule has 0 bridgehead atoms. The number of para-hydroxylation sites is 1. The summed E-state index contributed by atoms with van der Waals surface area (Å²) in [7, 11) is 0. The molecule has 0 heterocycles. The Kier molecular flexibility index (Phi) is 6.24. The summed E-state index contributed by atoms with van der Waals surface area (Å²) in [4.78, 5) is 24.1. The highest BCUT2D eigenvalue weighted by Crippen LogP contribution is 2.21. The predicted octanol–water partition coefficient (Wildman–Crippen LogP) is 4.64. The normalized spacial score (nSPS) is 10.2. The number of carbonyl (C=O) groups excluding carboxylic acids is 2. The minimum Gasteiger partial charge on any atom is -0.457 e. The molecule has 7 heteroatoms. The minimum atomic E-state index is -0.652. The molecule has 0 aromatic heterocycles. The van der Waals surface area contributed by atoms with E-state index in [1.807, 2.05) is 30.3 Å². The van der Waals surface area contributed by atoms with Crippen LogP contribution in [0.1, 0.15) is 10.4 Å². The number of rotatable bonds is 6. The van der Waals surface area contributed by atoms with Gasteiger partial charge < -0.3 is 15.4 Å². The second-order valence-corrected chi connectivity index (χ2v) is 6.23. The number of halogens is 2. The Morgan fingerprint density at radius 3 is 2.29 bits per heavy atom. The van der Waals surface area contributed by atoms with Crippen molar-refractivity contribution in [1.29, 1.82) is 0 Å². The molecule has 2 amide bonds. The molecule has 3 rings (SSSR count). The molecule has 142 valence electrons. The van der Waals surface area contributed by atoms with Crippen molar-refractivity contribution < 1.29 is 18.7 Å². The Bertz CT molecular complexity index is 979. The molecule has 0 unspecified atom stereocenters. The first kappa shape index (κ1) is 19.4. The van der Waals surface area contributed by atoms with Crippen molar-refractivity contribution in [2.75, 3.05) is 11.9 Å². The van der Waals surface area contributed by atoms with Gasteiger partial charge in [-0.25, -0.2) is 4.39 Å². The Morgan fingerprint density at radius 2 is 1.61 bits per heavy atom. The van der Waals surface area contributed by atoms with Crippen molar-refractivity contribution in [1.82, 2.24) is 5.32 Å². The van der Waals surface area contributed by atoms with Gasteiger partial charge in [0.15, 0.2) is 0 Å². The van der Waals surface area contributed by atoms with E-state index in [2.05, 4.69) is 10.6 Å². The lowest BCUT2D eigenvalue weighted by atomic mass is 10.2. The van der Waals surface area contributed by atoms with Crippen LogP contribution in [0.4, 0.5) is 10.1 Å². The van der Waals surface area contributed by atoms with E-state index in [0.717, 1.165) is 6.07 Å². The van der Waals surface area contributed by atoms with E-state index in [1.165, 1.54) is 12.1 Å². The van der Waals surface area contributed by atoms with Gasteiger partial charge in [-0.2, -0.15) is 0 Å². The molecule has 0 spiro atoms. The highest BCUT2D eigenvalue weighted by molar-refractivity contribution is 6.30. The summed E-state index contributed by atoms with van der Waals surface area (Å²) >= 11 is 5.66. The quantitative estimate of drug-likeness (QED) is 0.635. The minimum absolute atomic E-state index is 0.00828. The average Bonchev–Trinajstić information content (AvgIpc) is 2.70. The maximum absolute atomic E-state index is 13.7. The highest BCUT2D eigenvalue weighted by Gasteiger charge is 2.11. The van der Waals surface area contributed by atoms with Gasteiger partial charge in [-0.3, -0.25) is 9.59 Å². The van der Waals surface area contributed by atoms with Crippen molar-refractivity contribution in [2.45, 2.75) is 0 Å². The van der Waals surface area contributed by atoms with Crippen molar-refractivity contribution >= 4 is 29.1 Å². The number of hydrogen-bond acceptors (Lipinski definition) is 3. The molecule has 0 aliphatic rings. The van der Waals surface area contributed by atoms with Gasteiger partial charge in [0.2, 0.25) is 5.91 Å². The standard InChI is InChI=1S/C21H16ClFN2O3/c22-15-8-11-19(18(23)12-15)25-20(26)13-24-21(27)14-6-9-17(10-7-14)28-16-4-2-1-3-5-16/h1-12H,13H2,(H,24,27)(H,25,26). The largest absolute Gasteiger partial charge is 0.457 e. The zero-order chi connectivity index (χ0) is 19.9. The molecule has 0 fully saturated rings. The van der Waals surface area contributed by atoms with E-state index in [0.29, 0.717) is 17.1 Å². The van der Waals surface area contributed by atoms with Crippen LogP contribution >= 0.6 is 11.6 Å². The fraction of sp³-hybridized carbons (Fsp3) is 0.0476. The first-order chi connectivity index (χ1) is 13.5. The van der Waals surface area contributed by atoms with E-state index < -0.39 is 17.6 Å². The third-order valence-electron chi connectivity index (χ3n) is 3.71. The lowest BCUT2D eigenvalue weighted by Crippen LogP contribution is -2.33. The number of ether oxygens (including phenoxy) is 1. The van der Waals surface area contributed by atoms with Crippen LogP contribution in [-0.2, 0) is 4.79 Å². The summed E-state index contributed by atoms with van der Waals surface area (Å²) in [6.07, 6.45) is 0. The summed E-state index contributed by atoms with van der Waals surface area (Å²) in [6.45, 7) is -0.302. The molecule has 0 saturated heterocycles. The molecule has 5 nitrogen and oxygen atoms in total. The van der Waals surface area contributed by atoms with Crippen LogP contribution in [0.2, 0.25) is 5.02 Å². The van der Waals surface area contributed by atoms with E-state index in [1.54, 1.807) is 24.3 Å². The van der Waals surface area contributed by atoms with E-state index in [-0.39, 0.29) is 17.3 Å². The summed E-state index contributed by atoms with van der Waals surface area (Å²) < 4.78 is 19.3. The van der Waals surface area contributed by atoms with Crippen LogP contribution in [0.3, 0.4) is 0 Å². The molecule has 28 heavy (non-hydrogen) atoms. The smallest absolute Gasteiger partial charge is 0.251 e. The maximum Gasteiger partial charge on any atom is 0.251 e. The SMILES string of the molecule is O=C(CNC(=O)c1ccc(Oc2ccccc2)cc1)Nc1ccc(Cl)cc1F. The van der Waals surface area contributed by atoms with Crippen LogP contribution < -0.4 is 15.4 Å². The molecule has 0 saturated carbocycles. The number of hydrogen-bond donors (Lipinski definition) is 2. The second kappa shape index (κ2) is 9.01. The number of benzene rings is 3. The van der Waals surface area contributed by atoms with Crippen LogP contribution in [-0.4, -0.2) is 18.4 Å². The van der Waals surface area contributed by atoms with Gasteiger partial charge in [-0.05, 0) is 54.6 Å². The zero-order valence-corrected chi connectivity index (χ0v) is 15.4. The zero-order valence-electron chi connectivity index (χ0n) is 14.6. The van der Waals surface area contributed by atoms with Crippen molar-refractivity contribution in [3.8, 4) is 11.5 Å². The van der Waals surface area contributed by atoms with Gasteiger partial charge in [0.05, 0.1) is 12.2 Å². The van der Waals surface area contributed by atoms with Gasteiger partial charge >= 0.3 is 0 Å². The lowest BCUT2D eigenvalue weighted by molar-refractivity contribution is -0.115. The van der Waals surface area contributed by atoms with E-state index in [4.69, 9.17) is 16.3 Å². The molecular formula is C21H16ClFN2O3. The summed E-state index contributed by atoms with van der Waals surface area (Å²) in [5.74, 6) is -0.373. The van der Waals surface area contributed by atoms with E-state index >= 15 is 0 Å². The van der Waals surface area contributed by atoms with Crippen molar-refractivity contribution in [2.24, 2.45) is 0 Å². The van der Waals surface area contributed by atoms with Crippen LogP contribution in [0.15, 0.2) is 72.8 Å². The molecule has 3 aromatic carbocycles. The summed E-state index contributed by atoms with van der Waals surface area (Å²) in [6, 6.07) is 19.6. The van der Waals surface area contributed by atoms with Crippen LogP contribution in [0, 0.1) is 5.82 Å². The molecular weight excluding hydrogens is 383 g/mol. The van der Waals surface area contributed by atoms with Crippen molar-refractivity contribution in [3.63, 3.8) is 0 Å². The van der Waals surface area contributed by atoms with Crippen LogP contribution in [0.5, 0.6) is 11.5 Å². The Balaban J connectivity index is 1.52. The first-order valence-electron chi connectivity index (χ1n) is 8.37. The Labute approximate surface area is 166 Å². The first-order valence-corrected chi connectivity index (χ1v) is 8.75. The van der Waals surface area contributed by atoms with Gasteiger partial charge in [0.25, 0.3) is 5.91 Å². The van der Waals surface area contributed by atoms with Gasteiger partial charge in [-0.1, -0.05) is 29.8 Å². The molecule has 3 aromatic rings. The number of carbonyl (C=O) groups is 2. The number of amides is 2. The maximum atomic E-state index is 13.7. The monoisotopic (exact) mass is 398 g/mol. The number of anilines is 1. The second-order valence-electron chi connectivity index (χ2n) is 5.79. The Hall–Kier alpha value is -3.38. The molecule has 0 aliphatic heterocycles.